The zero-order valence-electron chi connectivity index (χ0n) is 17.9. The molecule has 0 bridgehead atoms. The molecule has 170 valence electrons. The Morgan fingerprint density at radius 3 is 2.47 bits per heavy atom. The van der Waals surface area contributed by atoms with E-state index in [0.717, 1.165) is 6.42 Å². The van der Waals surface area contributed by atoms with E-state index in [1.54, 1.807) is 36.4 Å². The molecular formula is C22H25ClN4O4S. The molecule has 1 aliphatic heterocycles. The summed E-state index contributed by atoms with van der Waals surface area (Å²) in [6.45, 7) is 6.15. The lowest BCUT2D eigenvalue weighted by Gasteiger charge is -2.37. The van der Waals surface area contributed by atoms with Crippen molar-refractivity contribution >= 4 is 46.2 Å². The summed E-state index contributed by atoms with van der Waals surface area (Å²) in [5.74, 6) is 0.423. The predicted molar refractivity (Wildman–Crippen MR) is 129 cm³/mol. The lowest BCUT2D eigenvalue weighted by Crippen LogP contribution is -2.52. The van der Waals surface area contributed by atoms with Crippen molar-refractivity contribution in [1.29, 1.82) is 0 Å². The molecule has 3 rings (SSSR count). The SMILES string of the molecule is CCC(C)Oc1ccc(C(=O)NC(=S)N2CCN(c3ccc(Cl)cc3[N+](=O)[O-])CC2)cc1. The number of hydrogen-bond acceptors (Lipinski definition) is 6. The number of nitrogens with zero attached hydrogens (tertiary/aromatic N) is 3. The van der Waals surface area contributed by atoms with Crippen molar-refractivity contribution in [3.63, 3.8) is 0 Å². The molecular weight excluding hydrogens is 452 g/mol. The van der Waals surface area contributed by atoms with Crippen LogP contribution in [0.25, 0.3) is 0 Å². The van der Waals surface area contributed by atoms with E-state index in [1.165, 1.54) is 6.07 Å². The number of rotatable bonds is 6. The number of carbonyl (C=O) groups excluding carboxylic acids is 1. The molecule has 10 heteroatoms. The Bertz CT molecular complexity index is 994. The van der Waals surface area contributed by atoms with Crippen molar-refractivity contribution in [2.75, 3.05) is 31.1 Å². The van der Waals surface area contributed by atoms with E-state index in [1.807, 2.05) is 23.6 Å². The number of nitrogens with one attached hydrogen (secondary N) is 1. The van der Waals surface area contributed by atoms with E-state index < -0.39 is 4.92 Å². The van der Waals surface area contributed by atoms with Crippen LogP contribution < -0.4 is 15.0 Å². The Morgan fingerprint density at radius 1 is 1.22 bits per heavy atom. The summed E-state index contributed by atoms with van der Waals surface area (Å²) in [7, 11) is 0. The first-order chi connectivity index (χ1) is 15.3. The molecule has 1 atom stereocenters. The van der Waals surface area contributed by atoms with Crippen LogP contribution in [0.4, 0.5) is 11.4 Å². The summed E-state index contributed by atoms with van der Waals surface area (Å²) in [4.78, 5) is 27.3. The van der Waals surface area contributed by atoms with Gasteiger partial charge in [0.1, 0.15) is 11.4 Å². The number of amides is 1. The van der Waals surface area contributed by atoms with Crippen molar-refractivity contribution in [2.24, 2.45) is 0 Å². The highest BCUT2D eigenvalue weighted by molar-refractivity contribution is 7.80. The normalized spacial score (nSPS) is 14.6. The number of thiocarbonyl (C=S) groups is 1. The van der Waals surface area contributed by atoms with E-state index in [0.29, 0.717) is 53.3 Å². The minimum absolute atomic E-state index is 0.0254. The van der Waals surface area contributed by atoms with Crippen LogP contribution in [0.2, 0.25) is 5.02 Å². The van der Waals surface area contributed by atoms with Crippen LogP contribution in [0.3, 0.4) is 0 Å². The molecule has 1 saturated heterocycles. The highest BCUT2D eigenvalue weighted by Gasteiger charge is 2.25. The quantitative estimate of drug-likeness (QED) is 0.378. The number of nitro benzene ring substituents is 1. The Morgan fingerprint density at radius 2 is 1.88 bits per heavy atom. The third-order valence-corrected chi connectivity index (χ3v) is 5.89. The third-order valence-electron chi connectivity index (χ3n) is 5.29. The first-order valence-corrected chi connectivity index (χ1v) is 11.1. The summed E-state index contributed by atoms with van der Waals surface area (Å²) in [5, 5.41) is 14.8. The molecule has 0 aromatic heterocycles. The summed E-state index contributed by atoms with van der Waals surface area (Å²) in [5.41, 5.74) is 0.982. The minimum Gasteiger partial charge on any atom is -0.491 e. The van der Waals surface area contributed by atoms with Crippen LogP contribution in [0.15, 0.2) is 42.5 Å². The molecule has 1 unspecified atom stereocenters. The van der Waals surface area contributed by atoms with Crippen molar-refractivity contribution < 1.29 is 14.5 Å². The number of nitro groups is 1. The van der Waals surface area contributed by atoms with Crippen molar-refractivity contribution in [2.45, 2.75) is 26.4 Å². The Kier molecular flexibility index (Phi) is 7.87. The monoisotopic (exact) mass is 476 g/mol. The van der Waals surface area contributed by atoms with E-state index in [-0.39, 0.29) is 17.7 Å². The summed E-state index contributed by atoms with van der Waals surface area (Å²) in [6.07, 6.45) is 1.00. The molecule has 0 aliphatic carbocycles. The second-order valence-electron chi connectivity index (χ2n) is 7.48. The highest BCUT2D eigenvalue weighted by Crippen LogP contribution is 2.31. The van der Waals surface area contributed by atoms with Crippen LogP contribution in [-0.4, -0.2) is 53.1 Å². The van der Waals surface area contributed by atoms with Crippen LogP contribution in [0, 0.1) is 10.1 Å². The molecule has 1 fully saturated rings. The van der Waals surface area contributed by atoms with E-state index in [2.05, 4.69) is 5.32 Å². The van der Waals surface area contributed by atoms with Crippen LogP contribution in [-0.2, 0) is 0 Å². The number of hydrogen-bond donors (Lipinski definition) is 1. The third kappa shape index (κ3) is 5.86. The van der Waals surface area contributed by atoms with Gasteiger partial charge in [-0.2, -0.15) is 0 Å². The maximum absolute atomic E-state index is 12.6. The first kappa shape index (κ1) is 23.7. The fraction of sp³-hybridized carbons (Fsp3) is 0.364. The van der Waals surface area contributed by atoms with Gasteiger partial charge in [0.25, 0.3) is 11.6 Å². The number of benzene rings is 2. The number of carbonyl (C=O) groups is 1. The van der Waals surface area contributed by atoms with Gasteiger partial charge in [0, 0.05) is 42.8 Å². The average molecular weight is 477 g/mol. The van der Waals surface area contributed by atoms with Crippen LogP contribution in [0.5, 0.6) is 5.75 Å². The Labute approximate surface area is 197 Å². The zero-order valence-corrected chi connectivity index (χ0v) is 19.5. The average Bonchev–Trinajstić information content (AvgIpc) is 2.79. The second kappa shape index (κ2) is 10.6. The number of ether oxygens (including phenoxy) is 1. The van der Waals surface area contributed by atoms with Gasteiger partial charge < -0.3 is 14.5 Å². The minimum atomic E-state index is -0.433. The fourth-order valence-corrected chi connectivity index (χ4v) is 3.75. The van der Waals surface area contributed by atoms with E-state index >= 15 is 0 Å². The van der Waals surface area contributed by atoms with Gasteiger partial charge in [0.2, 0.25) is 0 Å². The molecule has 1 heterocycles. The van der Waals surface area contributed by atoms with Crippen LogP contribution >= 0.6 is 23.8 Å². The predicted octanol–water partition coefficient (Wildman–Crippen LogP) is 4.26. The van der Waals surface area contributed by atoms with E-state index in [4.69, 9.17) is 28.6 Å². The van der Waals surface area contributed by atoms with Gasteiger partial charge in [-0.15, -0.1) is 0 Å². The topological polar surface area (TPSA) is 88.0 Å². The molecule has 32 heavy (non-hydrogen) atoms. The second-order valence-corrected chi connectivity index (χ2v) is 8.31. The van der Waals surface area contributed by atoms with Gasteiger partial charge in [0.05, 0.1) is 11.0 Å². The molecule has 2 aromatic rings. The van der Waals surface area contributed by atoms with Gasteiger partial charge in [0.15, 0.2) is 5.11 Å². The molecule has 8 nitrogen and oxygen atoms in total. The molecule has 1 N–H and O–H groups in total. The van der Waals surface area contributed by atoms with Crippen LogP contribution in [0.1, 0.15) is 30.6 Å². The maximum atomic E-state index is 12.6. The number of halogens is 1. The zero-order chi connectivity index (χ0) is 23.3. The molecule has 0 saturated carbocycles. The van der Waals surface area contributed by atoms with E-state index in [9.17, 15) is 14.9 Å². The molecule has 1 aliphatic rings. The maximum Gasteiger partial charge on any atom is 0.294 e. The molecule has 1 amide bonds. The van der Waals surface area contributed by atoms with Gasteiger partial charge in [-0.05, 0) is 62.0 Å². The number of anilines is 1. The van der Waals surface area contributed by atoms with Crippen molar-refractivity contribution in [3.05, 3.63) is 63.2 Å². The van der Waals surface area contributed by atoms with Gasteiger partial charge in [-0.25, -0.2) is 0 Å². The lowest BCUT2D eigenvalue weighted by molar-refractivity contribution is -0.384. The van der Waals surface area contributed by atoms with Gasteiger partial charge in [-0.1, -0.05) is 18.5 Å². The van der Waals surface area contributed by atoms with Gasteiger partial charge in [-0.3, -0.25) is 20.2 Å². The summed E-state index contributed by atoms with van der Waals surface area (Å²) < 4.78 is 5.73. The smallest absolute Gasteiger partial charge is 0.294 e. The van der Waals surface area contributed by atoms with Crippen molar-refractivity contribution in [1.82, 2.24) is 10.2 Å². The fourth-order valence-electron chi connectivity index (χ4n) is 3.31. The Hall–Kier alpha value is -2.91. The first-order valence-electron chi connectivity index (χ1n) is 10.3. The summed E-state index contributed by atoms with van der Waals surface area (Å²) in [6, 6.07) is 11.6. The van der Waals surface area contributed by atoms with Crippen molar-refractivity contribution in [3.8, 4) is 5.75 Å². The summed E-state index contributed by atoms with van der Waals surface area (Å²) >= 11 is 11.3. The Balaban J connectivity index is 1.56. The molecule has 0 spiro atoms. The lowest BCUT2D eigenvalue weighted by atomic mass is 10.2. The molecule has 2 aromatic carbocycles. The van der Waals surface area contributed by atoms with Gasteiger partial charge >= 0.3 is 0 Å². The standard InChI is InChI=1S/C22H25ClN4O4S/c1-3-15(2)31-18-7-4-16(5-8-18)21(28)24-22(32)26-12-10-25(11-13-26)19-9-6-17(23)14-20(19)27(29)30/h4-9,14-15H,3,10-13H2,1-2H3,(H,24,28,32). The largest absolute Gasteiger partial charge is 0.491 e. The number of piperazine rings is 1. The molecule has 0 radical (unpaired) electrons. The highest BCUT2D eigenvalue weighted by atomic mass is 35.5.